The van der Waals surface area contributed by atoms with Crippen molar-refractivity contribution in [3.05, 3.63) is 0 Å². The van der Waals surface area contributed by atoms with Gasteiger partial charge in [-0.3, -0.25) is 0 Å². The molecule has 0 radical (unpaired) electrons. The molecule has 0 bridgehead atoms. The van der Waals surface area contributed by atoms with Gasteiger partial charge in [0.25, 0.3) is 0 Å². The van der Waals surface area contributed by atoms with Gasteiger partial charge in [0.2, 0.25) is 0 Å². The van der Waals surface area contributed by atoms with Crippen molar-refractivity contribution in [2.75, 3.05) is 12.9 Å². The van der Waals surface area contributed by atoms with Crippen LogP contribution in [0.2, 0.25) is 0 Å². The second-order valence-electron chi connectivity index (χ2n) is 0.587. The Morgan fingerprint density at radius 1 is 2.00 bits per heavy atom. The van der Waals surface area contributed by atoms with Crippen LogP contribution in [0.1, 0.15) is 0 Å². The number of nitriles is 1. The van der Waals surface area contributed by atoms with Crippen molar-refractivity contribution in [3.8, 4) is 6.07 Å². The number of hydrogen-bond donors (Lipinski definition) is 0. The minimum Gasteiger partial charge on any atom is -0.318 e. The third kappa shape index (κ3) is 3.80. The van der Waals surface area contributed by atoms with Crippen LogP contribution in [0.4, 0.5) is 0 Å². The van der Waals surface area contributed by atoms with Crippen LogP contribution in [0.25, 0.3) is 0 Å². The fourth-order valence-corrected chi connectivity index (χ4v) is 0.256. The lowest BCUT2D eigenvalue weighted by Gasteiger charge is -1.81. The van der Waals surface area contributed by atoms with E-state index in [1.54, 1.807) is 7.11 Å². The Kier molecular flexibility index (Phi) is 4.64. The van der Waals surface area contributed by atoms with Gasteiger partial charge in [-0.2, -0.15) is 5.26 Å². The van der Waals surface area contributed by atoms with Gasteiger partial charge in [-0.1, -0.05) is 0 Å². The Morgan fingerprint density at radius 3 is 2.83 bits per heavy atom. The molecule has 0 heterocycles. The van der Waals surface area contributed by atoms with E-state index in [2.05, 4.69) is 4.18 Å². The molecule has 34 valence electrons. The molecule has 0 fully saturated rings. The van der Waals surface area contributed by atoms with E-state index in [4.69, 9.17) is 5.26 Å². The predicted octanol–water partition coefficient (Wildman–Crippen LogP) is 0.805. The van der Waals surface area contributed by atoms with Gasteiger partial charge >= 0.3 is 0 Å². The summed E-state index contributed by atoms with van der Waals surface area (Å²) in [6, 6.07) is 1.91. The molecular weight excluding hydrogens is 98.1 g/mol. The summed E-state index contributed by atoms with van der Waals surface area (Å²) in [5.74, 6) is 0.413. The summed E-state index contributed by atoms with van der Waals surface area (Å²) in [5.41, 5.74) is 0. The summed E-state index contributed by atoms with van der Waals surface area (Å²) in [7, 11) is 1.54. The molecule has 0 N–H and O–H groups in total. The van der Waals surface area contributed by atoms with Crippen molar-refractivity contribution in [2.45, 2.75) is 0 Å². The van der Waals surface area contributed by atoms with E-state index in [9.17, 15) is 0 Å². The smallest absolute Gasteiger partial charge is 0.107 e. The van der Waals surface area contributed by atoms with E-state index in [1.165, 1.54) is 0 Å². The average Bonchev–Trinajstić information content (AvgIpc) is 1.61. The third-order valence-electron chi connectivity index (χ3n) is 0.241. The maximum absolute atomic E-state index is 7.85. The lowest BCUT2D eigenvalue weighted by molar-refractivity contribution is 0.491. The molecule has 2 nitrogen and oxygen atoms in total. The van der Waals surface area contributed by atoms with Crippen molar-refractivity contribution in [1.82, 2.24) is 0 Å². The molecule has 0 saturated heterocycles. The van der Waals surface area contributed by atoms with Gasteiger partial charge in [0.15, 0.2) is 0 Å². The van der Waals surface area contributed by atoms with E-state index in [1.807, 2.05) is 6.07 Å². The Balaban J connectivity index is 2.54. The van der Waals surface area contributed by atoms with Gasteiger partial charge in [-0.05, 0) is 0 Å². The molecule has 0 aromatic heterocycles. The third-order valence-corrected chi connectivity index (χ3v) is 0.724. The van der Waals surface area contributed by atoms with Gasteiger partial charge in [-0.25, -0.2) is 0 Å². The predicted molar refractivity (Wildman–Crippen MR) is 25.1 cm³/mol. The van der Waals surface area contributed by atoms with Crippen molar-refractivity contribution < 1.29 is 4.18 Å². The molecule has 0 spiro atoms. The van der Waals surface area contributed by atoms with E-state index in [-0.39, 0.29) is 0 Å². The zero-order chi connectivity index (χ0) is 4.83. The highest BCUT2D eigenvalue weighted by atomic mass is 32.2. The molecule has 3 heteroatoms. The van der Waals surface area contributed by atoms with Crippen LogP contribution in [0, 0.1) is 11.3 Å². The molecule has 0 unspecified atom stereocenters. The Morgan fingerprint density at radius 2 is 2.67 bits per heavy atom. The Bertz CT molecular complexity index is 58.3. The molecule has 0 amide bonds. The van der Waals surface area contributed by atoms with Crippen molar-refractivity contribution in [1.29, 1.82) is 5.26 Å². The van der Waals surface area contributed by atoms with Gasteiger partial charge in [0, 0.05) is 12.0 Å². The fraction of sp³-hybridized carbons (Fsp3) is 0.667. The number of nitrogens with zero attached hydrogens (tertiary/aromatic N) is 1. The summed E-state index contributed by atoms with van der Waals surface area (Å²) in [6.07, 6.45) is 0. The molecule has 0 saturated carbocycles. The van der Waals surface area contributed by atoms with E-state index < -0.39 is 0 Å². The lowest BCUT2D eigenvalue weighted by atomic mass is 10.9. The van der Waals surface area contributed by atoms with Gasteiger partial charge in [0.1, 0.15) is 5.75 Å². The summed E-state index contributed by atoms with van der Waals surface area (Å²) >= 11 is 1.15. The van der Waals surface area contributed by atoms with Gasteiger partial charge < -0.3 is 4.18 Å². The number of rotatable bonds is 2. The fourth-order valence-electron chi connectivity index (χ4n) is 0.0853. The molecule has 0 rings (SSSR count). The van der Waals surface area contributed by atoms with Crippen molar-refractivity contribution in [3.63, 3.8) is 0 Å². The van der Waals surface area contributed by atoms with Crippen LogP contribution in [0.15, 0.2) is 0 Å². The molecule has 0 aromatic carbocycles. The zero-order valence-electron chi connectivity index (χ0n) is 3.47. The lowest BCUT2D eigenvalue weighted by Crippen LogP contribution is -1.68. The summed E-state index contributed by atoms with van der Waals surface area (Å²) in [4.78, 5) is 0. The maximum Gasteiger partial charge on any atom is 0.107 e. The highest BCUT2D eigenvalue weighted by Crippen LogP contribution is 1.94. The highest BCUT2D eigenvalue weighted by molar-refractivity contribution is 7.94. The summed E-state index contributed by atoms with van der Waals surface area (Å²) in [6.45, 7) is 0. The SMILES string of the molecule is COSCC#N. The van der Waals surface area contributed by atoms with E-state index in [0.717, 1.165) is 12.0 Å². The molecular formula is C3H5NOS. The van der Waals surface area contributed by atoms with Crippen LogP contribution in [0.3, 0.4) is 0 Å². The van der Waals surface area contributed by atoms with E-state index >= 15 is 0 Å². The van der Waals surface area contributed by atoms with Crippen LogP contribution >= 0.6 is 12.0 Å². The first-order valence-electron chi connectivity index (χ1n) is 1.44. The van der Waals surface area contributed by atoms with Crippen LogP contribution in [-0.4, -0.2) is 12.9 Å². The largest absolute Gasteiger partial charge is 0.318 e. The molecule has 0 aliphatic rings. The van der Waals surface area contributed by atoms with Crippen LogP contribution in [0.5, 0.6) is 0 Å². The first-order valence-corrected chi connectivity index (χ1v) is 2.35. The second-order valence-corrected chi connectivity index (χ2v) is 1.44. The van der Waals surface area contributed by atoms with Crippen LogP contribution in [-0.2, 0) is 4.18 Å². The Hall–Kier alpha value is -0.200. The van der Waals surface area contributed by atoms with Crippen molar-refractivity contribution in [2.24, 2.45) is 0 Å². The molecule has 0 atom stereocenters. The first kappa shape index (κ1) is 5.80. The van der Waals surface area contributed by atoms with E-state index in [0.29, 0.717) is 5.75 Å². The van der Waals surface area contributed by atoms with Crippen LogP contribution < -0.4 is 0 Å². The maximum atomic E-state index is 7.85. The molecule has 0 aliphatic carbocycles. The van der Waals surface area contributed by atoms with Gasteiger partial charge in [0.05, 0.1) is 13.2 Å². The van der Waals surface area contributed by atoms with Gasteiger partial charge in [-0.15, -0.1) is 0 Å². The van der Waals surface area contributed by atoms with Crippen molar-refractivity contribution >= 4 is 12.0 Å². The molecule has 6 heavy (non-hydrogen) atoms. The second kappa shape index (κ2) is 4.80. The average molecular weight is 103 g/mol. The zero-order valence-corrected chi connectivity index (χ0v) is 4.29. The summed E-state index contributed by atoms with van der Waals surface area (Å²) < 4.78 is 4.48. The minimum absolute atomic E-state index is 0.413. The quantitative estimate of drug-likeness (QED) is 0.383. The summed E-state index contributed by atoms with van der Waals surface area (Å²) in [5, 5.41) is 7.85. The number of hydrogen-bond acceptors (Lipinski definition) is 3. The molecule has 0 aromatic rings. The normalized spacial score (nSPS) is 7.33. The minimum atomic E-state index is 0.413. The monoisotopic (exact) mass is 103 g/mol. The topological polar surface area (TPSA) is 33.0 Å². The highest BCUT2D eigenvalue weighted by Gasteiger charge is 1.74. The standard InChI is InChI=1S/C3H5NOS/c1-5-6-3-2-4/h3H2,1H3. The Labute approximate surface area is 41.3 Å². The first-order chi connectivity index (χ1) is 2.91. The molecule has 0 aliphatic heterocycles.